The third-order valence-electron chi connectivity index (χ3n) is 6.67. The van der Waals surface area contributed by atoms with Crippen LogP contribution in [0, 0.1) is 19.8 Å². The molecule has 1 heterocycles. The number of carbonyl (C=O) groups is 3. The number of aryl methyl sites for hydroxylation is 2. The Hall–Kier alpha value is -2.80. The number of hydrogen-bond donors (Lipinski definition) is 0. The lowest BCUT2D eigenvalue weighted by Gasteiger charge is -2.27. The molecule has 2 aromatic carbocycles. The molecule has 0 bridgehead atoms. The summed E-state index contributed by atoms with van der Waals surface area (Å²) in [5.41, 5.74) is 2.45. The molecule has 1 saturated heterocycles. The molecule has 2 aromatic rings. The summed E-state index contributed by atoms with van der Waals surface area (Å²) >= 11 is 1.62. The SMILES string of the molecule is CCOC(=O)N1C[C@@H](C(=O)c2ccc(SC)cc2)[C@H](c2cc(C)c(OC(C)(C)C(C)=O)c(C)c2)C1. The highest BCUT2D eigenvalue weighted by molar-refractivity contribution is 7.98. The Kier molecular flexibility index (Phi) is 8.31. The van der Waals surface area contributed by atoms with Crippen molar-refractivity contribution in [1.29, 1.82) is 0 Å². The Balaban J connectivity index is 1.97. The summed E-state index contributed by atoms with van der Waals surface area (Å²) < 4.78 is 11.3. The minimum absolute atomic E-state index is 0.0165. The van der Waals surface area contributed by atoms with Crippen LogP contribution in [0.15, 0.2) is 41.3 Å². The largest absolute Gasteiger partial charge is 0.480 e. The molecule has 0 aromatic heterocycles. The number of carbonyl (C=O) groups excluding carboxylic acids is 3. The summed E-state index contributed by atoms with van der Waals surface area (Å²) in [5, 5.41) is 0. The van der Waals surface area contributed by atoms with E-state index in [0.29, 0.717) is 24.4 Å². The number of nitrogens with zero attached hydrogens (tertiary/aromatic N) is 1. The number of hydrogen-bond acceptors (Lipinski definition) is 6. The Labute approximate surface area is 212 Å². The van der Waals surface area contributed by atoms with Gasteiger partial charge >= 0.3 is 6.09 Å². The normalized spacial score (nSPS) is 17.9. The number of benzene rings is 2. The lowest BCUT2D eigenvalue weighted by atomic mass is 9.82. The molecule has 0 saturated carbocycles. The number of Topliss-reactive ketones (excluding diaryl/α,β-unsaturated/α-hetero) is 2. The summed E-state index contributed by atoms with van der Waals surface area (Å²) in [4.78, 5) is 40.9. The third-order valence-corrected chi connectivity index (χ3v) is 7.42. The fourth-order valence-corrected chi connectivity index (χ4v) is 4.83. The molecule has 1 amide bonds. The summed E-state index contributed by atoms with van der Waals surface area (Å²) in [6, 6.07) is 11.6. The van der Waals surface area contributed by atoms with E-state index in [-0.39, 0.29) is 24.1 Å². The van der Waals surface area contributed by atoms with Crippen LogP contribution in [0.1, 0.15) is 60.7 Å². The molecule has 0 unspecified atom stereocenters. The van der Waals surface area contributed by atoms with Crippen LogP contribution in [0.4, 0.5) is 4.79 Å². The lowest BCUT2D eigenvalue weighted by Crippen LogP contribution is -2.36. The van der Waals surface area contributed by atoms with Gasteiger partial charge in [0, 0.05) is 35.4 Å². The van der Waals surface area contributed by atoms with Gasteiger partial charge in [-0.15, -0.1) is 11.8 Å². The minimum Gasteiger partial charge on any atom is -0.480 e. The van der Waals surface area contributed by atoms with Crippen molar-refractivity contribution in [3.8, 4) is 5.75 Å². The van der Waals surface area contributed by atoms with Gasteiger partial charge < -0.3 is 14.4 Å². The first-order valence-corrected chi connectivity index (χ1v) is 13.1. The van der Waals surface area contributed by atoms with E-state index in [0.717, 1.165) is 21.6 Å². The van der Waals surface area contributed by atoms with Gasteiger partial charge in [0.05, 0.1) is 6.61 Å². The zero-order chi connectivity index (χ0) is 25.9. The van der Waals surface area contributed by atoms with Gasteiger partial charge in [-0.05, 0) is 76.6 Å². The van der Waals surface area contributed by atoms with Gasteiger partial charge in [0.1, 0.15) is 5.75 Å². The first kappa shape index (κ1) is 26.8. The van der Waals surface area contributed by atoms with E-state index in [4.69, 9.17) is 9.47 Å². The van der Waals surface area contributed by atoms with E-state index in [9.17, 15) is 14.4 Å². The molecule has 2 atom stereocenters. The van der Waals surface area contributed by atoms with Crippen molar-refractivity contribution in [3.05, 3.63) is 58.7 Å². The number of ether oxygens (including phenoxy) is 2. The van der Waals surface area contributed by atoms with Crippen molar-refractivity contribution >= 4 is 29.4 Å². The summed E-state index contributed by atoms with van der Waals surface area (Å²) in [6.45, 7) is 11.7. The first-order chi connectivity index (χ1) is 16.5. The predicted molar refractivity (Wildman–Crippen MR) is 139 cm³/mol. The van der Waals surface area contributed by atoms with Crippen LogP contribution in [0.3, 0.4) is 0 Å². The Bertz CT molecular complexity index is 1090. The highest BCUT2D eigenvalue weighted by Gasteiger charge is 2.41. The van der Waals surface area contributed by atoms with E-state index in [1.165, 1.54) is 6.92 Å². The maximum absolute atomic E-state index is 13.6. The van der Waals surface area contributed by atoms with Gasteiger partial charge in [0.2, 0.25) is 0 Å². The highest BCUT2D eigenvalue weighted by atomic mass is 32.2. The maximum atomic E-state index is 13.6. The second kappa shape index (κ2) is 10.9. The van der Waals surface area contributed by atoms with Crippen molar-refractivity contribution in [1.82, 2.24) is 4.90 Å². The molecule has 6 nitrogen and oxygen atoms in total. The van der Waals surface area contributed by atoms with Crippen molar-refractivity contribution in [2.24, 2.45) is 5.92 Å². The van der Waals surface area contributed by atoms with Crippen molar-refractivity contribution in [3.63, 3.8) is 0 Å². The topological polar surface area (TPSA) is 72.9 Å². The van der Waals surface area contributed by atoms with Crippen molar-refractivity contribution in [2.45, 2.75) is 58.0 Å². The van der Waals surface area contributed by atoms with E-state index in [1.54, 1.807) is 37.4 Å². The molecule has 0 aliphatic carbocycles. The van der Waals surface area contributed by atoms with Crippen LogP contribution in [0.2, 0.25) is 0 Å². The second-order valence-electron chi connectivity index (χ2n) is 9.56. The fraction of sp³-hybridized carbons (Fsp3) is 0.464. The molecule has 0 N–H and O–H groups in total. The van der Waals surface area contributed by atoms with Gasteiger partial charge in [0.15, 0.2) is 17.2 Å². The Morgan fingerprint density at radius 2 is 1.66 bits per heavy atom. The highest BCUT2D eigenvalue weighted by Crippen LogP contribution is 2.39. The monoisotopic (exact) mass is 497 g/mol. The summed E-state index contributed by atoms with van der Waals surface area (Å²) in [7, 11) is 0. The fourth-order valence-electron chi connectivity index (χ4n) is 4.43. The molecule has 188 valence electrons. The molecule has 1 aliphatic rings. The van der Waals surface area contributed by atoms with Crippen molar-refractivity contribution < 1.29 is 23.9 Å². The molecule has 7 heteroatoms. The zero-order valence-corrected chi connectivity index (χ0v) is 22.5. The van der Waals surface area contributed by atoms with E-state index in [1.807, 2.05) is 56.5 Å². The van der Waals surface area contributed by atoms with Gasteiger partial charge in [-0.1, -0.05) is 24.3 Å². The smallest absolute Gasteiger partial charge is 0.409 e. The number of thioether (sulfide) groups is 1. The molecule has 0 spiro atoms. The van der Waals surface area contributed by atoms with Crippen LogP contribution >= 0.6 is 11.8 Å². The molecular formula is C28H35NO5S. The van der Waals surface area contributed by atoms with Crippen LogP contribution in [0.5, 0.6) is 5.75 Å². The Morgan fingerprint density at radius 3 is 2.17 bits per heavy atom. The summed E-state index contributed by atoms with van der Waals surface area (Å²) in [6.07, 6.45) is 1.60. The van der Waals surface area contributed by atoms with E-state index < -0.39 is 17.6 Å². The van der Waals surface area contributed by atoms with E-state index >= 15 is 0 Å². The molecule has 3 rings (SSSR count). The number of ketones is 2. The quantitative estimate of drug-likeness (QED) is 0.338. The van der Waals surface area contributed by atoms with E-state index in [2.05, 4.69) is 0 Å². The lowest BCUT2D eigenvalue weighted by molar-refractivity contribution is -0.129. The van der Waals surface area contributed by atoms with Gasteiger partial charge in [-0.2, -0.15) is 0 Å². The van der Waals surface area contributed by atoms with Crippen LogP contribution in [-0.4, -0.2) is 54.1 Å². The number of amides is 1. The van der Waals surface area contributed by atoms with Crippen LogP contribution in [0.25, 0.3) is 0 Å². The van der Waals surface area contributed by atoms with Crippen LogP contribution < -0.4 is 4.74 Å². The summed E-state index contributed by atoms with van der Waals surface area (Å²) in [5.74, 6) is 0.0603. The Morgan fingerprint density at radius 1 is 1.06 bits per heavy atom. The average molecular weight is 498 g/mol. The first-order valence-electron chi connectivity index (χ1n) is 11.9. The number of likely N-dealkylation sites (tertiary alicyclic amines) is 1. The molecule has 0 radical (unpaired) electrons. The number of rotatable bonds is 8. The zero-order valence-electron chi connectivity index (χ0n) is 21.6. The van der Waals surface area contributed by atoms with Crippen molar-refractivity contribution in [2.75, 3.05) is 26.0 Å². The molecule has 1 aliphatic heterocycles. The second-order valence-corrected chi connectivity index (χ2v) is 10.4. The molecule has 1 fully saturated rings. The minimum atomic E-state index is -0.938. The predicted octanol–water partition coefficient (Wildman–Crippen LogP) is 5.83. The third kappa shape index (κ3) is 5.89. The standard InChI is InChI=1S/C28H35NO5S/c1-8-33-27(32)29-15-23(24(16-29)25(31)20-9-11-22(35-7)12-10-20)21-13-17(2)26(18(3)14-21)34-28(5,6)19(4)30/h9-14,23-24H,8,15-16H2,1-7H3/t23-,24+/m0/s1. The molecule has 35 heavy (non-hydrogen) atoms. The van der Waals surface area contributed by atoms with Gasteiger partial charge in [-0.25, -0.2) is 4.79 Å². The van der Waals surface area contributed by atoms with Gasteiger partial charge in [0.25, 0.3) is 0 Å². The van der Waals surface area contributed by atoms with Crippen LogP contribution in [-0.2, 0) is 9.53 Å². The average Bonchev–Trinajstić information content (AvgIpc) is 3.26. The van der Waals surface area contributed by atoms with Gasteiger partial charge in [-0.3, -0.25) is 9.59 Å². The molecular weight excluding hydrogens is 462 g/mol. The maximum Gasteiger partial charge on any atom is 0.409 e.